The zero-order valence-electron chi connectivity index (χ0n) is 11.5. The number of fused-ring (bicyclic) bond motifs is 3. The molecule has 1 aromatic carbocycles. The SMILES string of the molecule is CC(C)c1ccc(N2C(=O)C3CCC2CC3)cc1F. The average Bonchev–Trinajstić information content (AvgIpc) is 2.39. The molecule has 2 bridgehead atoms. The molecule has 0 aromatic heterocycles. The lowest BCUT2D eigenvalue weighted by Gasteiger charge is -2.44. The van der Waals surface area contributed by atoms with Gasteiger partial charge in [-0.25, -0.2) is 4.39 Å². The van der Waals surface area contributed by atoms with Gasteiger partial charge >= 0.3 is 0 Å². The second-order valence-corrected chi connectivity index (χ2v) is 6.07. The molecule has 4 rings (SSSR count). The lowest BCUT2D eigenvalue weighted by Crippen LogP contribution is -2.52. The highest BCUT2D eigenvalue weighted by atomic mass is 19.1. The van der Waals surface area contributed by atoms with Crippen LogP contribution in [-0.4, -0.2) is 11.9 Å². The summed E-state index contributed by atoms with van der Waals surface area (Å²) in [6.45, 7) is 3.96. The molecule has 1 saturated carbocycles. The fourth-order valence-corrected chi connectivity index (χ4v) is 3.43. The van der Waals surface area contributed by atoms with Crippen molar-refractivity contribution in [1.82, 2.24) is 0 Å². The number of rotatable bonds is 2. The predicted molar refractivity (Wildman–Crippen MR) is 73.7 cm³/mol. The van der Waals surface area contributed by atoms with Crippen LogP contribution in [0, 0.1) is 11.7 Å². The third kappa shape index (κ3) is 2.05. The van der Waals surface area contributed by atoms with Gasteiger partial charge in [-0.1, -0.05) is 19.9 Å². The summed E-state index contributed by atoms with van der Waals surface area (Å²) >= 11 is 0. The lowest BCUT2D eigenvalue weighted by atomic mass is 9.79. The Kier molecular flexibility index (Phi) is 3.08. The van der Waals surface area contributed by atoms with E-state index in [4.69, 9.17) is 0 Å². The summed E-state index contributed by atoms with van der Waals surface area (Å²) in [7, 11) is 0. The highest BCUT2D eigenvalue weighted by molar-refractivity contribution is 5.97. The van der Waals surface area contributed by atoms with Gasteiger partial charge in [0, 0.05) is 17.6 Å². The quantitative estimate of drug-likeness (QED) is 0.791. The minimum atomic E-state index is -0.193. The lowest BCUT2D eigenvalue weighted by molar-refractivity contribution is -0.126. The molecular weight excluding hydrogens is 241 g/mol. The van der Waals surface area contributed by atoms with Gasteiger partial charge in [0.25, 0.3) is 0 Å². The van der Waals surface area contributed by atoms with E-state index in [-0.39, 0.29) is 29.6 Å². The van der Waals surface area contributed by atoms with Crippen LogP contribution in [0.5, 0.6) is 0 Å². The molecule has 19 heavy (non-hydrogen) atoms. The number of hydrogen-bond donors (Lipinski definition) is 0. The van der Waals surface area contributed by atoms with Gasteiger partial charge in [0.1, 0.15) is 5.82 Å². The van der Waals surface area contributed by atoms with Gasteiger partial charge in [0.2, 0.25) is 5.91 Å². The Morgan fingerprint density at radius 1 is 1.21 bits per heavy atom. The summed E-state index contributed by atoms with van der Waals surface area (Å²) < 4.78 is 14.1. The molecule has 0 radical (unpaired) electrons. The van der Waals surface area contributed by atoms with E-state index in [2.05, 4.69) is 0 Å². The molecule has 0 spiro atoms. The number of carbonyl (C=O) groups is 1. The molecule has 1 aliphatic carbocycles. The smallest absolute Gasteiger partial charge is 0.230 e. The van der Waals surface area contributed by atoms with Crippen molar-refractivity contribution in [2.75, 3.05) is 4.90 Å². The zero-order chi connectivity index (χ0) is 13.6. The Hall–Kier alpha value is -1.38. The number of anilines is 1. The Balaban J connectivity index is 1.94. The number of carbonyl (C=O) groups excluding carboxylic acids is 1. The van der Waals surface area contributed by atoms with E-state index in [1.165, 1.54) is 6.07 Å². The molecular formula is C16H20FNO. The molecule has 0 atom stereocenters. The summed E-state index contributed by atoms with van der Waals surface area (Å²) in [6.07, 6.45) is 4.13. The third-order valence-electron chi connectivity index (χ3n) is 4.53. The fourth-order valence-electron chi connectivity index (χ4n) is 3.43. The van der Waals surface area contributed by atoms with Crippen LogP contribution in [0.3, 0.4) is 0 Å². The third-order valence-corrected chi connectivity index (χ3v) is 4.53. The summed E-state index contributed by atoms with van der Waals surface area (Å²) in [4.78, 5) is 14.2. The van der Waals surface area contributed by atoms with Crippen molar-refractivity contribution in [3.63, 3.8) is 0 Å². The maximum Gasteiger partial charge on any atom is 0.230 e. The van der Waals surface area contributed by atoms with Gasteiger partial charge in [-0.15, -0.1) is 0 Å². The second-order valence-electron chi connectivity index (χ2n) is 6.07. The number of nitrogens with zero attached hydrogens (tertiary/aromatic N) is 1. The van der Waals surface area contributed by atoms with E-state index >= 15 is 0 Å². The molecule has 1 amide bonds. The van der Waals surface area contributed by atoms with E-state index in [1.807, 2.05) is 30.9 Å². The van der Waals surface area contributed by atoms with E-state index in [9.17, 15) is 9.18 Å². The standard InChI is InChI=1S/C16H20FNO/c1-10(2)14-8-7-13(9-15(14)17)18-12-5-3-11(4-6-12)16(18)19/h7-12H,3-6H2,1-2H3. The Morgan fingerprint density at radius 2 is 1.89 bits per heavy atom. The largest absolute Gasteiger partial charge is 0.309 e. The van der Waals surface area contributed by atoms with E-state index in [0.717, 1.165) is 36.9 Å². The van der Waals surface area contributed by atoms with Gasteiger partial charge < -0.3 is 4.90 Å². The number of benzene rings is 1. The van der Waals surface area contributed by atoms with Crippen molar-refractivity contribution in [2.24, 2.45) is 5.92 Å². The monoisotopic (exact) mass is 261 g/mol. The fraction of sp³-hybridized carbons (Fsp3) is 0.562. The number of piperidine rings is 2. The van der Waals surface area contributed by atoms with Crippen LogP contribution in [0.2, 0.25) is 0 Å². The molecule has 3 fully saturated rings. The van der Waals surface area contributed by atoms with E-state index in [1.54, 1.807) is 0 Å². The van der Waals surface area contributed by atoms with Gasteiger partial charge in [0.15, 0.2) is 0 Å². The van der Waals surface area contributed by atoms with Gasteiger partial charge in [0.05, 0.1) is 0 Å². The van der Waals surface area contributed by atoms with Crippen LogP contribution >= 0.6 is 0 Å². The normalized spacial score (nSPS) is 26.3. The summed E-state index contributed by atoms with van der Waals surface area (Å²) in [5, 5.41) is 0. The highest BCUT2D eigenvalue weighted by Crippen LogP contribution is 2.39. The van der Waals surface area contributed by atoms with Crippen LogP contribution in [0.1, 0.15) is 51.0 Å². The Labute approximate surface area is 113 Å². The van der Waals surface area contributed by atoms with Crippen molar-refractivity contribution in [2.45, 2.75) is 51.5 Å². The van der Waals surface area contributed by atoms with Gasteiger partial charge in [-0.2, -0.15) is 0 Å². The molecule has 2 nitrogen and oxygen atoms in total. The second kappa shape index (κ2) is 4.62. The van der Waals surface area contributed by atoms with Gasteiger partial charge in [-0.3, -0.25) is 4.79 Å². The van der Waals surface area contributed by atoms with Gasteiger partial charge in [-0.05, 0) is 49.3 Å². The summed E-state index contributed by atoms with van der Waals surface area (Å²) in [5.74, 6) is 0.335. The predicted octanol–water partition coefficient (Wildman–Crippen LogP) is 3.85. The van der Waals surface area contributed by atoms with E-state index in [0.29, 0.717) is 0 Å². The van der Waals surface area contributed by atoms with Crippen LogP contribution in [-0.2, 0) is 4.79 Å². The van der Waals surface area contributed by atoms with Crippen LogP contribution < -0.4 is 4.90 Å². The van der Waals surface area contributed by atoms with Crippen LogP contribution in [0.4, 0.5) is 10.1 Å². The maximum absolute atomic E-state index is 14.1. The van der Waals surface area contributed by atoms with Crippen molar-refractivity contribution >= 4 is 11.6 Å². The number of hydrogen-bond acceptors (Lipinski definition) is 1. The molecule has 1 aromatic rings. The van der Waals surface area contributed by atoms with E-state index < -0.39 is 0 Å². The van der Waals surface area contributed by atoms with Crippen LogP contribution in [0.25, 0.3) is 0 Å². The molecule has 3 aliphatic rings. The number of amides is 1. The first kappa shape index (κ1) is 12.6. The average molecular weight is 261 g/mol. The molecule has 0 unspecified atom stereocenters. The first-order valence-electron chi connectivity index (χ1n) is 7.20. The van der Waals surface area contributed by atoms with Crippen molar-refractivity contribution in [3.05, 3.63) is 29.6 Å². The molecule has 2 heterocycles. The highest BCUT2D eigenvalue weighted by Gasteiger charge is 2.40. The molecule has 0 N–H and O–H groups in total. The first-order chi connectivity index (χ1) is 9.08. The Morgan fingerprint density at radius 3 is 2.42 bits per heavy atom. The molecule has 3 heteroatoms. The minimum absolute atomic E-state index is 0.165. The molecule has 102 valence electrons. The van der Waals surface area contributed by atoms with Crippen molar-refractivity contribution < 1.29 is 9.18 Å². The maximum atomic E-state index is 14.1. The van der Waals surface area contributed by atoms with Crippen LogP contribution in [0.15, 0.2) is 18.2 Å². The topological polar surface area (TPSA) is 20.3 Å². The summed E-state index contributed by atoms with van der Waals surface area (Å²) in [6, 6.07) is 5.54. The van der Waals surface area contributed by atoms with Crippen molar-refractivity contribution in [3.8, 4) is 0 Å². The molecule has 2 aliphatic heterocycles. The Bertz CT molecular complexity index is 503. The zero-order valence-corrected chi connectivity index (χ0v) is 11.5. The number of halogens is 1. The molecule has 2 saturated heterocycles. The summed E-state index contributed by atoms with van der Waals surface area (Å²) in [5.41, 5.74) is 1.46. The minimum Gasteiger partial charge on any atom is -0.309 e. The first-order valence-corrected chi connectivity index (χ1v) is 7.20. The van der Waals surface area contributed by atoms with Crippen molar-refractivity contribution in [1.29, 1.82) is 0 Å².